The number of nitrogens with two attached hydrogens (primary N) is 1. The highest BCUT2D eigenvalue weighted by atomic mass is 16.2. The number of hydrogen-bond acceptors (Lipinski definition) is 4. The summed E-state index contributed by atoms with van der Waals surface area (Å²) in [6, 6.07) is 0. The summed E-state index contributed by atoms with van der Waals surface area (Å²) >= 11 is 0. The summed E-state index contributed by atoms with van der Waals surface area (Å²) < 4.78 is 0. The molecule has 2 aromatic heterocycles. The van der Waals surface area contributed by atoms with Crippen LogP contribution in [0.25, 0.3) is 10.9 Å². The second-order valence-corrected chi connectivity index (χ2v) is 3.27. The van der Waals surface area contributed by atoms with Crippen LogP contribution < -0.4 is 17.0 Å². The van der Waals surface area contributed by atoms with Crippen LogP contribution in [-0.2, 0) is 11.2 Å². The van der Waals surface area contributed by atoms with Crippen molar-refractivity contribution < 1.29 is 4.79 Å². The number of rotatable bonds is 2. The summed E-state index contributed by atoms with van der Waals surface area (Å²) in [5.41, 5.74) is 4.55. The first kappa shape index (κ1) is 10.1. The normalized spacial score (nSPS) is 10.5. The van der Waals surface area contributed by atoms with Crippen molar-refractivity contribution in [3.63, 3.8) is 0 Å². The van der Waals surface area contributed by atoms with E-state index < -0.39 is 17.2 Å². The largest absolute Gasteiger partial charge is 0.369 e. The number of pyridine rings is 1. The molecular formula is C9H8N4O3. The fourth-order valence-electron chi connectivity index (χ4n) is 1.51. The zero-order valence-electron chi connectivity index (χ0n) is 8.11. The highest BCUT2D eigenvalue weighted by Crippen LogP contribution is 2.09. The molecule has 7 nitrogen and oxygen atoms in total. The van der Waals surface area contributed by atoms with E-state index in [-0.39, 0.29) is 17.3 Å². The molecule has 16 heavy (non-hydrogen) atoms. The third kappa shape index (κ3) is 1.70. The number of aromatic nitrogens is 3. The number of amides is 1. The topological polar surface area (TPSA) is 122 Å². The van der Waals surface area contributed by atoms with Crippen molar-refractivity contribution >= 4 is 16.8 Å². The molecule has 2 heterocycles. The number of aromatic amines is 2. The molecular weight excluding hydrogens is 212 g/mol. The summed E-state index contributed by atoms with van der Waals surface area (Å²) in [5.74, 6) is -0.570. The number of H-pyrrole nitrogens is 2. The zero-order valence-corrected chi connectivity index (χ0v) is 8.11. The molecule has 2 rings (SSSR count). The molecule has 0 fully saturated rings. The molecule has 7 heteroatoms. The first-order valence-corrected chi connectivity index (χ1v) is 4.45. The smallest absolute Gasteiger partial charge is 0.326 e. The van der Waals surface area contributed by atoms with Crippen LogP contribution in [0, 0.1) is 0 Å². The number of nitrogens with one attached hydrogen (secondary N) is 2. The Morgan fingerprint density at radius 1 is 1.31 bits per heavy atom. The molecule has 4 N–H and O–H groups in total. The van der Waals surface area contributed by atoms with E-state index >= 15 is 0 Å². The fraction of sp³-hybridized carbons (Fsp3) is 0.111. The molecule has 0 bridgehead atoms. The van der Waals surface area contributed by atoms with Crippen molar-refractivity contribution in [2.45, 2.75) is 6.42 Å². The Morgan fingerprint density at radius 3 is 2.75 bits per heavy atom. The van der Waals surface area contributed by atoms with E-state index in [2.05, 4.69) is 15.0 Å². The van der Waals surface area contributed by atoms with E-state index in [1.54, 1.807) is 0 Å². The summed E-state index contributed by atoms with van der Waals surface area (Å²) in [6.45, 7) is 0. The second kappa shape index (κ2) is 3.61. The molecule has 0 aromatic carbocycles. The van der Waals surface area contributed by atoms with Crippen LogP contribution >= 0.6 is 0 Å². The van der Waals surface area contributed by atoms with Crippen molar-refractivity contribution in [1.29, 1.82) is 0 Å². The van der Waals surface area contributed by atoms with Crippen molar-refractivity contribution in [3.05, 3.63) is 38.8 Å². The Hall–Kier alpha value is -2.44. The molecule has 0 saturated carbocycles. The number of hydrogen-bond donors (Lipinski definition) is 3. The maximum atomic E-state index is 11.5. The van der Waals surface area contributed by atoms with Gasteiger partial charge in [-0.05, 0) is 5.56 Å². The molecule has 0 spiro atoms. The van der Waals surface area contributed by atoms with Crippen LogP contribution in [0.15, 0.2) is 22.0 Å². The molecule has 0 aliphatic rings. The molecule has 0 aliphatic heterocycles. The Labute approximate surface area is 88.3 Å². The van der Waals surface area contributed by atoms with Crippen LogP contribution in [0.3, 0.4) is 0 Å². The van der Waals surface area contributed by atoms with Crippen molar-refractivity contribution in [3.8, 4) is 0 Å². The average molecular weight is 220 g/mol. The van der Waals surface area contributed by atoms with Gasteiger partial charge in [0.2, 0.25) is 5.91 Å². The van der Waals surface area contributed by atoms with E-state index in [4.69, 9.17) is 5.73 Å². The van der Waals surface area contributed by atoms with E-state index in [0.717, 1.165) is 0 Å². The molecule has 1 amide bonds. The molecule has 0 atom stereocenters. The van der Waals surface area contributed by atoms with Gasteiger partial charge in [-0.3, -0.25) is 19.6 Å². The van der Waals surface area contributed by atoms with Crippen molar-refractivity contribution in [1.82, 2.24) is 15.0 Å². The first-order valence-electron chi connectivity index (χ1n) is 4.45. The molecule has 0 unspecified atom stereocenters. The zero-order chi connectivity index (χ0) is 11.7. The van der Waals surface area contributed by atoms with Gasteiger partial charge in [0, 0.05) is 6.20 Å². The van der Waals surface area contributed by atoms with Gasteiger partial charge in [-0.15, -0.1) is 0 Å². The fourth-order valence-corrected chi connectivity index (χ4v) is 1.51. The van der Waals surface area contributed by atoms with Gasteiger partial charge in [0.05, 0.1) is 23.5 Å². The highest BCUT2D eigenvalue weighted by Gasteiger charge is 2.09. The molecule has 82 valence electrons. The number of fused-ring (bicyclic) bond motifs is 1. The molecule has 0 radical (unpaired) electrons. The first-order chi connectivity index (χ1) is 7.58. The van der Waals surface area contributed by atoms with Crippen LogP contribution in [0.1, 0.15) is 5.56 Å². The Balaban J connectivity index is 2.82. The van der Waals surface area contributed by atoms with Gasteiger partial charge in [-0.1, -0.05) is 0 Å². The SMILES string of the molecule is NC(=O)Cc1cncc2[nH]c(=O)[nH]c(=O)c12. The lowest BCUT2D eigenvalue weighted by atomic mass is 10.1. The van der Waals surface area contributed by atoms with Gasteiger partial charge in [-0.2, -0.15) is 0 Å². The van der Waals surface area contributed by atoms with Gasteiger partial charge in [0.15, 0.2) is 0 Å². The minimum absolute atomic E-state index is 0.0978. The standard InChI is InChI=1S/C9H8N4O3/c10-6(14)1-4-2-11-3-5-7(4)8(15)13-9(16)12-5/h2-3H,1H2,(H2,10,14)(H2,12,13,15,16). The summed E-state index contributed by atoms with van der Waals surface area (Å²) in [7, 11) is 0. The Kier molecular flexibility index (Phi) is 2.28. The number of primary amides is 1. The highest BCUT2D eigenvalue weighted by molar-refractivity contribution is 5.86. The summed E-state index contributed by atoms with van der Waals surface area (Å²) in [6.07, 6.45) is 2.62. The number of carbonyl (C=O) groups is 1. The second-order valence-electron chi connectivity index (χ2n) is 3.27. The van der Waals surface area contributed by atoms with Crippen LogP contribution in [-0.4, -0.2) is 20.9 Å². The minimum Gasteiger partial charge on any atom is -0.369 e. The van der Waals surface area contributed by atoms with Gasteiger partial charge in [-0.25, -0.2) is 4.79 Å². The van der Waals surface area contributed by atoms with Crippen LogP contribution in [0.5, 0.6) is 0 Å². The Morgan fingerprint density at radius 2 is 2.06 bits per heavy atom. The molecule has 0 saturated heterocycles. The quantitative estimate of drug-likeness (QED) is 0.578. The maximum absolute atomic E-state index is 11.5. The van der Waals surface area contributed by atoms with Gasteiger partial charge < -0.3 is 10.7 Å². The molecule has 2 aromatic rings. The van der Waals surface area contributed by atoms with E-state index in [1.807, 2.05) is 0 Å². The van der Waals surface area contributed by atoms with E-state index in [0.29, 0.717) is 5.56 Å². The van der Waals surface area contributed by atoms with Crippen LogP contribution in [0.2, 0.25) is 0 Å². The van der Waals surface area contributed by atoms with Gasteiger partial charge in [0.25, 0.3) is 5.56 Å². The third-order valence-electron chi connectivity index (χ3n) is 2.09. The maximum Gasteiger partial charge on any atom is 0.326 e. The minimum atomic E-state index is -0.615. The van der Waals surface area contributed by atoms with Crippen molar-refractivity contribution in [2.75, 3.05) is 0 Å². The lowest BCUT2D eigenvalue weighted by Gasteiger charge is -2.01. The number of carbonyl (C=O) groups excluding carboxylic acids is 1. The van der Waals surface area contributed by atoms with Crippen LogP contribution in [0.4, 0.5) is 0 Å². The predicted molar refractivity (Wildman–Crippen MR) is 55.9 cm³/mol. The van der Waals surface area contributed by atoms with Gasteiger partial charge >= 0.3 is 5.69 Å². The average Bonchev–Trinajstić information content (AvgIpc) is 2.15. The lowest BCUT2D eigenvalue weighted by molar-refractivity contribution is -0.117. The summed E-state index contributed by atoms with van der Waals surface area (Å²) in [4.78, 5) is 41.7. The van der Waals surface area contributed by atoms with Crippen molar-refractivity contribution in [2.24, 2.45) is 5.73 Å². The summed E-state index contributed by atoms with van der Waals surface area (Å²) in [5, 5.41) is 0.230. The lowest BCUT2D eigenvalue weighted by Crippen LogP contribution is -2.24. The predicted octanol–water partition coefficient (Wildman–Crippen LogP) is -1.36. The number of nitrogens with zero attached hydrogens (tertiary/aromatic N) is 1. The van der Waals surface area contributed by atoms with Gasteiger partial charge in [0.1, 0.15) is 0 Å². The monoisotopic (exact) mass is 220 g/mol. The van der Waals surface area contributed by atoms with E-state index in [1.165, 1.54) is 12.4 Å². The van der Waals surface area contributed by atoms with E-state index in [9.17, 15) is 14.4 Å². The third-order valence-corrected chi connectivity index (χ3v) is 2.09. The Bertz CT molecular complexity index is 670. The molecule has 0 aliphatic carbocycles.